The minimum Gasteiger partial charge on any atom is -0.353 e. The summed E-state index contributed by atoms with van der Waals surface area (Å²) in [4.78, 5) is 14.8. The Morgan fingerprint density at radius 1 is 1.04 bits per heavy atom. The maximum atomic E-state index is 12.5. The summed E-state index contributed by atoms with van der Waals surface area (Å²) in [7, 11) is -1.35. The van der Waals surface area contributed by atoms with Gasteiger partial charge in [-0.3, -0.25) is 4.79 Å². The van der Waals surface area contributed by atoms with E-state index in [-0.39, 0.29) is 17.9 Å². The average Bonchev–Trinajstić information content (AvgIpc) is 2.69. The Morgan fingerprint density at radius 2 is 1.67 bits per heavy atom. The predicted octanol–water partition coefficient (Wildman–Crippen LogP) is 1.91. The molecule has 6 nitrogen and oxygen atoms in total. The molecule has 0 bridgehead atoms. The van der Waals surface area contributed by atoms with Crippen molar-refractivity contribution < 1.29 is 13.2 Å². The van der Waals surface area contributed by atoms with E-state index in [0.717, 1.165) is 31.5 Å². The molecule has 1 amide bonds. The number of benzene rings is 1. The van der Waals surface area contributed by atoms with E-state index >= 15 is 0 Å². The smallest absolute Gasteiger partial charge is 0.236 e. The van der Waals surface area contributed by atoms with E-state index in [2.05, 4.69) is 17.3 Å². The Balaban J connectivity index is 1.49. The molecule has 2 aliphatic rings. The Morgan fingerprint density at radius 3 is 2.30 bits per heavy atom. The number of amides is 1. The minimum atomic E-state index is -3.45. The standard InChI is InChI=1S/C20H29N3O3S/c1-22-12-9-19(10-13-22)21-20(24)18-7-14-23(15-8-18)27(25,26)16-11-17-5-3-2-4-6-17/h2-6,11,16,18-19H,7-10,12-15H2,1H3,(H,21,24)/b16-11+. The molecular formula is C20H29N3O3S. The van der Waals surface area contributed by atoms with Gasteiger partial charge in [0.05, 0.1) is 0 Å². The number of nitrogens with one attached hydrogen (secondary N) is 1. The second-order valence-corrected chi connectivity index (χ2v) is 9.34. The number of hydrogen-bond acceptors (Lipinski definition) is 4. The lowest BCUT2D eigenvalue weighted by molar-refractivity contribution is -0.127. The normalized spacial score (nSPS) is 21.5. The zero-order chi connectivity index (χ0) is 19.3. The van der Waals surface area contributed by atoms with Gasteiger partial charge in [0.15, 0.2) is 0 Å². The topological polar surface area (TPSA) is 69.7 Å². The number of likely N-dealkylation sites (tertiary alicyclic amines) is 1. The van der Waals surface area contributed by atoms with Crippen molar-refractivity contribution in [1.82, 2.24) is 14.5 Å². The van der Waals surface area contributed by atoms with E-state index in [1.165, 1.54) is 9.71 Å². The fourth-order valence-corrected chi connectivity index (χ4v) is 4.88. The van der Waals surface area contributed by atoms with Crippen molar-refractivity contribution in [2.75, 3.05) is 33.2 Å². The SMILES string of the molecule is CN1CCC(NC(=O)C2CCN(S(=O)(=O)/C=C/c3ccccc3)CC2)CC1. The van der Waals surface area contributed by atoms with Gasteiger partial charge in [0, 0.05) is 30.5 Å². The molecule has 1 aromatic rings. The fourth-order valence-electron chi connectivity index (χ4n) is 3.66. The highest BCUT2D eigenvalue weighted by Gasteiger charge is 2.31. The third-order valence-corrected chi connectivity index (χ3v) is 7.05. The summed E-state index contributed by atoms with van der Waals surface area (Å²) in [6, 6.07) is 9.63. The van der Waals surface area contributed by atoms with Crippen LogP contribution in [0.4, 0.5) is 0 Å². The Kier molecular flexibility index (Phi) is 6.68. The molecule has 7 heteroatoms. The molecule has 1 aromatic carbocycles. The van der Waals surface area contributed by atoms with E-state index in [4.69, 9.17) is 0 Å². The van der Waals surface area contributed by atoms with Gasteiger partial charge in [0.2, 0.25) is 15.9 Å². The number of carbonyl (C=O) groups excluding carboxylic acids is 1. The third-order valence-electron chi connectivity index (χ3n) is 5.48. The van der Waals surface area contributed by atoms with Crippen LogP contribution in [0.5, 0.6) is 0 Å². The van der Waals surface area contributed by atoms with Crippen molar-refractivity contribution in [3.05, 3.63) is 41.3 Å². The molecule has 0 atom stereocenters. The molecule has 2 saturated heterocycles. The van der Waals surface area contributed by atoms with Crippen LogP contribution in [0.15, 0.2) is 35.7 Å². The van der Waals surface area contributed by atoms with Gasteiger partial charge in [-0.2, -0.15) is 4.31 Å². The summed E-state index contributed by atoms with van der Waals surface area (Å²) < 4.78 is 26.5. The van der Waals surface area contributed by atoms with Crippen LogP contribution < -0.4 is 5.32 Å². The van der Waals surface area contributed by atoms with Crippen LogP contribution in [-0.4, -0.2) is 62.8 Å². The highest BCUT2D eigenvalue weighted by Crippen LogP contribution is 2.22. The maximum absolute atomic E-state index is 12.5. The monoisotopic (exact) mass is 391 g/mol. The first kappa shape index (κ1) is 20.0. The Labute approximate surface area is 162 Å². The summed E-state index contributed by atoms with van der Waals surface area (Å²) in [6.07, 6.45) is 4.75. The van der Waals surface area contributed by atoms with Gasteiger partial charge in [-0.05, 0) is 57.5 Å². The molecule has 148 valence electrons. The van der Waals surface area contributed by atoms with Crippen molar-refractivity contribution in [3.63, 3.8) is 0 Å². The van der Waals surface area contributed by atoms with E-state index in [1.54, 1.807) is 6.08 Å². The molecule has 1 N–H and O–H groups in total. The molecule has 27 heavy (non-hydrogen) atoms. The highest BCUT2D eigenvalue weighted by atomic mass is 32.2. The van der Waals surface area contributed by atoms with Crippen LogP contribution in [0.1, 0.15) is 31.2 Å². The van der Waals surface area contributed by atoms with Crippen molar-refractivity contribution in [2.45, 2.75) is 31.7 Å². The maximum Gasteiger partial charge on any atom is 0.236 e. The number of nitrogens with zero attached hydrogens (tertiary/aromatic N) is 2. The molecule has 2 aliphatic heterocycles. The predicted molar refractivity (Wildman–Crippen MR) is 107 cm³/mol. The minimum absolute atomic E-state index is 0.0847. The van der Waals surface area contributed by atoms with E-state index in [1.807, 2.05) is 30.3 Å². The second kappa shape index (κ2) is 8.99. The first-order chi connectivity index (χ1) is 12.9. The molecule has 2 fully saturated rings. The molecule has 0 radical (unpaired) electrons. The van der Waals surface area contributed by atoms with Gasteiger partial charge in [0.1, 0.15) is 0 Å². The molecule has 0 spiro atoms. The number of rotatable bonds is 5. The average molecular weight is 392 g/mol. The van der Waals surface area contributed by atoms with Crippen molar-refractivity contribution in [1.29, 1.82) is 0 Å². The van der Waals surface area contributed by atoms with Crippen LogP contribution in [0.3, 0.4) is 0 Å². The number of sulfonamides is 1. The molecule has 0 unspecified atom stereocenters. The first-order valence-electron chi connectivity index (χ1n) is 9.66. The largest absolute Gasteiger partial charge is 0.353 e. The summed E-state index contributed by atoms with van der Waals surface area (Å²) in [6.45, 7) is 2.81. The zero-order valence-electron chi connectivity index (χ0n) is 15.9. The van der Waals surface area contributed by atoms with Gasteiger partial charge in [-0.25, -0.2) is 8.42 Å². The summed E-state index contributed by atoms with van der Waals surface area (Å²) in [5.41, 5.74) is 0.855. The van der Waals surface area contributed by atoms with Crippen molar-refractivity contribution in [2.24, 2.45) is 5.92 Å². The number of hydrogen-bond donors (Lipinski definition) is 1. The molecule has 0 aromatic heterocycles. The molecule has 3 rings (SSSR count). The summed E-state index contributed by atoms with van der Waals surface area (Å²) >= 11 is 0. The molecular weight excluding hydrogens is 362 g/mol. The van der Waals surface area contributed by atoms with Gasteiger partial charge in [0.25, 0.3) is 0 Å². The van der Waals surface area contributed by atoms with Gasteiger partial charge < -0.3 is 10.2 Å². The van der Waals surface area contributed by atoms with Gasteiger partial charge in [-0.15, -0.1) is 0 Å². The Hall–Kier alpha value is -1.70. The van der Waals surface area contributed by atoms with Crippen LogP contribution in [-0.2, 0) is 14.8 Å². The second-order valence-electron chi connectivity index (χ2n) is 7.52. The summed E-state index contributed by atoms with van der Waals surface area (Å²) in [5.74, 6) is -0.00404. The number of carbonyl (C=O) groups is 1. The lowest BCUT2D eigenvalue weighted by Gasteiger charge is -2.33. The van der Waals surface area contributed by atoms with E-state index in [0.29, 0.717) is 25.9 Å². The molecule has 2 heterocycles. The van der Waals surface area contributed by atoms with E-state index in [9.17, 15) is 13.2 Å². The third kappa shape index (κ3) is 5.64. The lowest BCUT2D eigenvalue weighted by Crippen LogP contribution is -2.47. The summed E-state index contributed by atoms with van der Waals surface area (Å²) in [5, 5.41) is 4.43. The van der Waals surface area contributed by atoms with Crippen LogP contribution >= 0.6 is 0 Å². The fraction of sp³-hybridized carbons (Fsp3) is 0.550. The van der Waals surface area contributed by atoms with Gasteiger partial charge >= 0.3 is 0 Å². The lowest BCUT2D eigenvalue weighted by atomic mass is 9.96. The quantitative estimate of drug-likeness (QED) is 0.832. The van der Waals surface area contributed by atoms with Gasteiger partial charge in [-0.1, -0.05) is 30.3 Å². The van der Waals surface area contributed by atoms with Crippen molar-refractivity contribution in [3.8, 4) is 0 Å². The van der Waals surface area contributed by atoms with Crippen LogP contribution in [0.2, 0.25) is 0 Å². The molecule has 0 saturated carbocycles. The molecule has 0 aliphatic carbocycles. The Bertz CT molecular complexity index is 748. The number of piperidine rings is 2. The first-order valence-corrected chi connectivity index (χ1v) is 11.2. The van der Waals surface area contributed by atoms with E-state index < -0.39 is 10.0 Å². The van der Waals surface area contributed by atoms with Crippen LogP contribution in [0, 0.1) is 5.92 Å². The zero-order valence-corrected chi connectivity index (χ0v) is 16.7. The highest BCUT2D eigenvalue weighted by molar-refractivity contribution is 7.92. The van der Waals surface area contributed by atoms with Crippen LogP contribution in [0.25, 0.3) is 6.08 Å². The van der Waals surface area contributed by atoms with Crippen molar-refractivity contribution >= 4 is 22.0 Å².